The van der Waals surface area contributed by atoms with Gasteiger partial charge in [0.1, 0.15) is 10.7 Å². The van der Waals surface area contributed by atoms with Gasteiger partial charge in [-0.1, -0.05) is 0 Å². The number of aromatic amines is 1. The molecule has 2 aromatic heterocycles. The van der Waals surface area contributed by atoms with Gasteiger partial charge in [-0.25, -0.2) is 4.79 Å². The molecule has 1 amide bonds. The molecule has 0 aromatic carbocycles. The van der Waals surface area contributed by atoms with Crippen molar-refractivity contribution < 1.29 is 14.3 Å². The number of fused-ring (bicyclic) bond motifs is 1. The molecule has 6 nitrogen and oxygen atoms in total. The lowest BCUT2D eigenvalue weighted by Crippen LogP contribution is -2.14. The molecular weight excluding hydrogens is 290 g/mol. The average Bonchev–Trinajstić information content (AvgIpc) is 3.13. The molecule has 110 valence electrons. The van der Waals surface area contributed by atoms with Crippen molar-refractivity contribution in [1.29, 1.82) is 0 Å². The van der Waals surface area contributed by atoms with Crippen LogP contribution in [0.4, 0.5) is 10.7 Å². The number of amides is 1. The monoisotopic (exact) mass is 305 g/mol. The number of esters is 1. The van der Waals surface area contributed by atoms with Crippen LogP contribution in [0.1, 0.15) is 37.7 Å². The highest BCUT2D eigenvalue weighted by Crippen LogP contribution is 2.39. The van der Waals surface area contributed by atoms with Gasteiger partial charge in [-0.2, -0.15) is 0 Å². The summed E-state index contributed by atoms with van der Waals surface area (Å²) in [7, 11) is 1.35. The van der Waals surface area contributed by atoms with Gasteiger partial charge in [-0.15, -0.1) is 11.3 Å². The van der Waals surface area contributed by atoms with Crippen LogP contribution in [0.3, 0.4) is 0 Å². The molecule has 3 rings (SSSR count). The molecule has 0 saturated carbocycles. The van der Waals surface area contributed by atoms with Crippen molar-refractivity contribution in [3.05, 3.63) is 34.0 Å². The maximum absolute atomic E-state index is 12.2. The molecule has 0 spiro atoms. The first kappa shape index (κ1) is 13.7. The van der Waals surface area contributed by atoms with Gasteiger partial charge in [0.15, 0.2) is 0 Å². The van der Waals surface area contributed by atoms with E-state index in [9.17, 15) is 9.59 Å². The number of nitrogens with one attached hydrogen (secondary N) is 2. The number of anilines is 2. The summed E-state index contributed by atoms with van der Waals surface area (Å²) in [6.07, 6.45) is 4.37. The lowest BCUT2D eigenvalue weighted by molar-refractivity contribution is 0.0601. The molecule has 0 fully saturated rings. The minimum absolute atomic E-state index is 0.322. The van der Waals surface area contributed by atoms with Crippen molar-refractivity contribution in [3.63, 3.8) is 0 Å². The van der Waals surface area contributed by atoms with Crippen LogP contribution in [0.25, 0.3) is 0 Å². The molecule has 0 radical (unpaired) electrons. The van der Waals surface area contributed by atoms with Crippen molar-refractivity contribution in [2.24, 2.45) is 0 Å². The van der Waals surface area contributed by atoms with E-state index in [1.165, 1.54) is 18.4 Å². The topological polar surface area (TPSA) is 97.2 Å². The first-order chi connectivity index (χ1) is 10.1. The lowest BCUT2D eigenvalue weighted by Gasteiger charge is -2.06. The minimum Gasteiger partial charge on any atom is -0.465 e. The van der Waals surface area contributed by atoms with Gasteiger partial charge in [0.25, 0.3) is 5.91 Å². The summed E-state index contributed by atoms with van der Waals surface area (Å²) in [4.78, 5) is 28.1. The second-order valence-corrected chi connectivity index (χ2v) is 5.96. The van der Waals surface area contributed by atoms with Crippen molar-refractivity contribution in [3.8, 4) is 0 Å². The molecule has 0 saturated heterocycles. The Labute approximate surface area is 125 Å². The van der Waals surface area contributed by atoms with Crippen LogP contribution in [0.15, 0.2) is 12.3 Å². The Morgan fingerprint density at radius 3 is 2.90 bits per heavy atom. The van der Waals surface area contributed by atoms with Crippen molar-refractivity contribution in [1.82, 2.24) is 4.98 Å². The fourth-order valence-electron chi connectivity index (χ4n) is 2.52. The van der Waals surface area contributed by atoms with Crippen LogP contribution in [-0.4, -0.2) is 24.0 Å². The van der Waals surface area contributed by atoms with Crippen LogP contribution < -0.4 is 11.1 Å². The highest BCUT2D eigenvalue weighted by Gasteiger charge is 2.28. The van der Waals surface area contributed by atoms with Crippen LogP contribution in [0.5, 0.6) is 0 Å². The predicted octanol–water partition coefficient (Wildman–Crippen LogP) is 2.19. The number of carbonyl (C=O) groups is 2. The zero-order valence-corrected chi connectivity index (χ0v) is 12.3. The summed E-state index contributed by atoms with van der Waals surface area (Å²) in [5.41, 5.74) is 7.93. The summed E-state index contributed by atoms with van der Waals surface area (Å²) in [6, 6.07) is 1.55. The van der Waals surface area contributed by atoms with Crippen molar-refractivity contribution in [2.45, 2.75) is 19.3 Å². The number of nitrogens with two attached hydrogens (primary N) is 1. The third kappa shape index (κ3) is 2.40. The number of thiophene rings is 1. The Kier molecular flexibility index (Phi) is 3.42. The van der Waals surface area contributed by atoms with Gasteiger partial charge in [0.2, 0.25) is 0 Å². The first-order valence-electron chi connectivity index (χ1n) is 6.58. The normalized spacial score (nSPS) is 13.0. The van der Waals surface area contributed by atoms with Crippen LogP contribution in [-0.2, 0) is 17.6 Å². The number of ether oxygens (including phenoxy) is 1. The largest absolute Gasteiger partial charge is 0.465 e. The van der Waals surface area contributed by atoms with E-state index in [-0.39, 0.29) is 5.91 Å². The second-order valence-electron chi connectivity index (χ2n) is 4.85. The van der Waals surface area contributed by atoms with Crippen LogP contribution in [0, 0.1) is 0 Å². The van der Waals surface area contributed by atoms with E-state index in [2.05, 4.69) is 10.3 Å². The lowest BCUT2D eigenvalue weighted by atomic mass is 10.1. The van der Waals surface area contributed by atoms with E-state index in [0.717, 1.165) is 29.7 Å². The first-order valence-corrected chi connectivity index (χ1v) is 7.40. The van der Waals surface area contributed by atoms with Gasteiger partial charge in [0.05, 0.1) is 12.7 Å². The van der Waals surface area contributed by atoms with E-state index in [1.54, 1.807) is 12.3 Å². The molecule has 0 atom stereocenters. The van der Waals surface area contributed by atoms with E-state index >= 15 is 0 Å². The number of carbonyl (C=O) groups excluding carboxylic acids is 2. The summed E-state index contributed by atoms with van der Waals surface area (Å²) in [6.45, 7) is 0. The quantitative estimate of drug-likeness (QED) is 0.757. The number of aromatic nitrogens is 1. The fourth-order valence-corrected chi connectivity index (χ4v) is 3.80. The Morgan fingerprint density at radius 1 is 1.43 bits per heavy atom. The van der Waals surface area contributed by atoms with Crippen LogP contribution in [0.2, 0.25) is 0 Å². The van der Waals surface area contributed by atoms with E-state index in [0.29, 0.717) is 21.9 Å². The molecular formula is C14H15N3O3S. The molecule has 0 bridgehead atoms. The average molecular weight is 305 g/mol. The number of aryl methyl sites for hydroxylation is 1. The molecule has 2 aromatic rings. The zero-order chi connectivity index (χ0) is 15.0. The predicted molar refractivity (Wildman–Crippen MR) is 80.8 cm³/mol. The summed E-state index contributed by atoms with van der Waals surface area (Å²) in [5.74, 6) is -0.729. The molecule has 1 aliphatic carbocycles. The smallest absolute Gasteiger partial charge is 0.341 e. The van der Waals surface area contributed by atoms with Gasteiger partial charge >= 0.3 is 5.97 Å². The number of methoxy groups -OCH3 is 1. The van der Waals surface area contributed by atoms with Gasteiger partial charge < -0.3 is 20.8 Å². The number of nitrogen functional groups attached to an aromatic ring is 1. The van der Waals surface area contributed by atoms with Crippen LogP contribution >= 0.6 is 11.3 Å². The third-order valence-corrected chi connectivity index (χ3v) is 4.70. The molecule has 4 N–H and O–H groups in total. The minimum atomic E-state index is -0.407. The molecule has 21 heavy (non-hydrogen) atoms. The van der Waals surface area contributed by atoms with Gasteiger partial charge in [-0.05, 0) is 30.9 Å². The zero-order valence-electron chi connectivity index (χ0n) is 11.5. The summed E-state index contributed by atoms with van der Waals surface area (Å²) < 4.78 is 4.84. The Balaban J connectivity index is 1.92. The Hall–Kier alpha value is -2.28. The molecule has 2 heterocycles. The summed E-state index contributed by atoms with van der Waals surface area (Å²) in [5, 5.41) is 3.32. The molecule has 0 aliphatic heterocycles. The number of rotatable bonds is 3. The second kappa shape index (κ2) is 5.25. The molecule has 7 heteroatoms. The van der Waals surface area contributed by atoms with Crippen molar-refractivity contribution in [2.75, 3.05) is 18.2 Å². The third-order valence-electron chi connectivity index (χ3n) is 3.49. The highest BCUT2D eigenvalue weighted by atomic mass is 32.1. The number of hydrogen-bond acceptors (Lipinski definition) is 5. The maximum atomic E-state index is 12.2. The van der Waals surface area contributed by atoms with E-state index in [4.69, 9.17) is 10.5 Å². The summed E-state index contributed by atoms with van der Waals surface area (Å²) >= 11 is 1.44. The van der Waals surface area contributed by atoms with E-state index in [1.807, 2.05) is 0 Å². The molecule has 1 aliphatic rings. The van der Waals surface area contributed by atoms with Gasteiger partial charge in [0, 0.05) is 16.8 Å². The van der Waals surface area contributed by atoms with Gasteiger partial charge in [-0.3, -0.25) is 4.79 Å². The Bertz CT molecular complexity index is 717. The Morgan fingerprint density at radius 2 is 2.24 bits per heavy atom. The molecule has 0 unspecified atom stereocenters. The standard InChI is InChI=1S/C14H15N3O3S/c1-20-14(19)11-8-3-2-4-10(8)21-13(11)17-12(18)9-5-7(15)6-16-9/h5-6,16H,2-4,15H2,1H3,(H,17,18). The van der Waals surface area contributed by atoms with E-state index < -0.39 is 5.97 Å². The van der Waals surface area contributed by atoms with Crippen molar-refractivity contribution >= 4 is 33.9 Å². The number of H-pyrrole nitrogens is 1. The highest BCUT2D eigenvalue weighted by molar-refractivity contribution is 7.17. The fraction of sp³-hybridized carbons (Fsp3) is 0.286. The SMILES string of the molecule is COC(=O)c1c(NC(=O)c2cc(N)c[nH]2)sc2c1CCC2. The maximum Gasteiger partial charge on any atom is 0.341 e. The number of hydrogen-bond donors (Lipinski definition) is 3.